The van der Waals surface area contributed by atoms with E-state index in [1.54, 1.807) is 6.92 Å². The molecule has 1 heterocycles. The lowest BCUT2D eigenvalue weighted by atomic mass is 10.1. The molecule has 2 N–H and O–H groups in total. The van der Waals surface area contributed by atoms with Crippen LogP contribution in [0, 0.1) is 20.8 Å². The van der Waals surface area contributed by atoms with Crippen LogP contribution >= 0.6 is 0 Å². The van der Waals surface area contributed by atoms with Crippen molar-refractivity contribution in [1.82, 2.24) is 25.0 Å². The van der Waals surface area contributed by atoms with Gasteiger partial charge in [-0.15, -0.1) is 5.10 Å². The van der Waals surface area contributed by atoms with Gasteiger partial charge in [0.25, 0.3) is 5.91 Å². The van der Waals surface area contributed by atoms with E-state index in [1.807, 2.05) is 62.4 Å². The summed E-state index contributed by atoms with van der Waals surface area (Å²) in [6, 6.07) is 15.1. The molecule has 8 nitrogen and oxygen atoms in total. The number of sulfonamides is 1. The molecule has 30 heavy (non-hydrogen) atoms. The first-order valence-electron chi connectivity index (χ1n) is 9.56. The Labute approximate surface area is 176 Å². The summed E-state index contributed by atoms with van der Waals surface area (Å²) < 4.78 is 26.8. The molecule has 3 aromatic rings. The molecule has 1 amide bonds. The first kappa shape index (κ1) is 21.7. The highest BCUT2D eigenvalue weighted by Gasteiger charge is 2.18. The molecule has 0 aliphatic carbocycles. The largest absolute Gasteiger partial charge is 0.350 e. The number of rotatable bonds is 8. The van der Waals surface area contributed by atoms with E-state index in [-0.39, 0.29) is 24.5 Å². The van der Waals surface area contributed by atoms with Crippen molar-refractivity contribution in [3.8, 4) is 5.69 Å². The number of carbonyl (C=O) groups is 1. The lowest BCUT2D eigenvalue weighted by Crippen LogP contribution is -2.34. The van der Waals surface area contributed by atoms with Crippen LogP contribution in [-0.2, 0) is 16.6 Å². The minimum absolute atomic E-state index is 0.0290. The first-order valence-corrected chi connectivity index (χ1v) is 11.2. The standard InChI is InChI=1S/C21H25N5O3S/c1-15-9-10-19(16(2)13-15)26-24-17(3)20(25-26)21(27)22-11-12-30(28,29)23-14-18-7-5-4-6-8-18/h4-10,13,23H,11-12,14H2,1-3H3,(H,22,27). The molecule has 3 rings (SSSR count). The maximum atomic E-state index is 12.5. The molecule has 9 heteroatoms. The van der Waals surface area contributed by atoms with Gasteiger partial charge in [-0.2, -0.15) is 9.90 Å². The maximum Gasteiger partial charge on any atom is 0.273 e. The summed E-state index contributed by atoms with van der Waals surface area (Å²) in [4.78, 5) is 13.9. The van der Waals surface area contributed by atoms with Gasteiger partial charge in [-0.25, -0.2) is 13.1 Å². The van der Waals surface area contributed by atoms with Crippen molar-refractivity contribution in [3.05, 3.63) is 76.6 Å². The summed E-state index contributed by atoms with van der Waals surface area (Å²) in [6.07, 6.45) is 0. The second kappa shape index (κ2) is 9.19. The lowest BCUT2D eigenvalue weighted by molar-refractivity contribution is 0.0950. The van der Waals surface area contributed by atoms with Gasteiger partial charge >= 0.3 is 0 Å². The van der Waals surface area contributed by atoms with Crippen LogP contribution in [-0.4, -0.2) is 41.6 Å². The van der Waals surface area contributed by atoms with E-state index in [4.69, 9.17) is 0 Å². The van der Waals surface area contributed by atoms with E-state index in [9.17, 15) is 13.2 Å². The van der Waals surface area contributed by atoms with Gasteiger partial charge in [0.05, 0.1) is 17.1 Å². The Hall–Kier alpha value is -3.04. The molecule has 0 aliphatic heterocycles. The summed E-state index contributed by atoms with van der Waals surface area (Å²) in [5.74, 6) is -0.683. The second-order valence-corrected chi connectivity index (χ2v) is 9.02. The smallest absolute Gasteiger partial charge is 0.273 e. The van der Waals surface area contributed by atoms with E-state index < -0.39 is 15.9 Å². The molecular formula is C21H25N5O3S. The monoisotopic (exact) mass is 427 g/mol. The molecule has 0 saturated heterocycles. The van der Waals surface area contributed by atoms with Gasteiger partial charge in [0.15, 0.2) is 5.69 Å². The Balaban J connectivity index is 1.58. The van der Waals surface area contributed by atoms with E-state index in [0.29, 0.717) is 5.69 Å². The van der Waals surface area contributed by atoms with Crippen molar-refractivity contribution < 1.29 is 13.2 Å². The number of aryl methyl sites for hydroxylation is 3. The number of amides is 1. The number of hydrogen-bond donors (Lipinski definition) is 2. The Kier molecular flexibility index (Phi) is 6.63. The normalized spacial score (nSPS) is 11.4. The van der Waals surface area contributed by atoms with Crippen molar-refractivity contribution in [3.63, 3.8) is 0 Å². The predicted molar refractivity (Wildman–Crippen MR) is 115 cm³/mol. The van der Waals surface area contributed by atoms with Crippen molar-refractivity contribution in [2.45, 2.75) is 27.3 Å². The number of hydrogen-bond acceptors (Lipinski definition) is 5. The second-order valence-electron chi connectivity index (χ2n) is 7.09. The van der Waals surface area contributed by atoms with Crippen LogP contribution in [0.5, 0.6) is 0 Å². The third-order valence-corrected chi connectivity index (χ3v) is 5.89. The SMILES string of the molecule is Cc1ccc(-n2nc(C)c(C(=O)NCCS(=O)(=O)NCc3ccccc3)n2)c(C)c1. The summed E-state index contributed by atoms with van der Waals surface area (Å²) in [6.45, 7) is 5.83. The average Bonchev–Trinajstić information content (AvgIpc) is 3.08. The third kappa shape index (κ3) is 5.52. The number of nitrogens with zero attached hydrogens (tertiary/aromatic N) is 3. The highest BCUT2D eigenvalue weighted by molar-refractivity contribution is 7.89. The first-order chi connectivity index (χ1) is 14.2. The van der Waals surface area contributed by atoms with Gasteiger partial charge in [-0.05, 0) is 38.0 Å². The van der Waals surface area contributed by atoms with Gasteiger partial charge < -0.3 is 5.32 Å². The Bertz CT molecular complexity index is 1140. The van der Waals surface area contributed by atoms with Gasteiger partial charge in [0, 0.05) is 13.1 Å². The average molecular weight is 428 g/mol. The van der Waals surface area contributed by atoms with Gasteiger partial charge in [0.1, 0.15) is 0 Å². The fourth-order valence-corrected chi connectivity index (χ4v) is 3.87. The van der Waals surface area contributed by atoms with Crippen LogP contribution in [0.4, 0.5) is 0 Å². The molecular weight excluding hydrogens is 402 g/mol. The van der Waals surface area contributed by atoms with Crippen molar-refractivity contribution >= 4 is 15.9 Å². The van der Waals surface area contributed by atoms with E-state index in [0.717, 1.165) is 22.4 Å². The van der Waals surface area contributed by atoms with Crippen LogP contribution in [0.2, 0.25) is 0 Å². The van der Waals surface area contributed by atoms with Gasteiger partial charge in [0.2, 0.25) is 10.0 Å². The topological polar surface area (TPSA) is 106 Å². The Morgan fingerprint density at radius 2 is 1.77 bits per heavy atom. The zero-order valence-electron chi connectivity index (χ0n) is 17.2. The van der Waals surface area contributed by atoms with Crippen LogP contribution in [0.25, 0.3) is 5.69 Å². The van der Waals surface area contributed by atoms with Crippen molar-refractivity contribution in [2.75, 3.05) is 12.3 Å². The van der Waals surface area contributed by atoms with Crippen molar-refractivity contribution in [1.29, 1.82) is 0 Å². The number of carbonyl (C=O) groups excluding carboxylic acids is 1. The molecule has 0 spiro atoms. The molecule has 0 atom stereocenters. The molecule has 2 aromatic carbocycles. The summed E-state index contributed by atoms with van der Waals surface area (Å²) in [7, 11) is -3.52. The third-order valence-electron chi connectivity index (χ3n) is 4.56. The molecule has 0 unspecified atom stereocenters. The quantitative estimate of drug-likeness (QED) is 0.572. The molecule has 0 fully saturated rings. The minimum Gasteiger partial charge on any atom is -0.350 e. The Morgan fingerprint density at radius 1 is 1.03 bits per heavy atom. The van der Waals surface area contributed by atoms with Crippen LogP contribution < -0.4 is 10.0 Å². The molecule has 0 bridgehead atoms. The fourth-order valence-electron chi connectivity index (χ4n) is 2.97. The molecule has 0 aliphatic rings. The fraction of sp³-hybridized carbons (Fsp3) is 0.286. The molecule has 158 valence electrons. The van der Waals surface area contributed by atoms with E-state index in [1.165, 1.54) is 4.80 Å². The van der Waals surface area contributed by atoms with Gasteiger partial charge in [-0.3, -0.25) is 4.79 Å². The van der Waals surface area contributed by atoms with Gasteiger partial charge in [-0.1, -0.05) is 48.0 Å². The lowest BCUT2D eigenvalue weighted by Gasteiger charge is -2.07. The Morgan fingerprint density at radius 3 is 2.47 bits per heavy atom. The summed E-state index contributed by atoms with van der Waals surface area (Å²) >= 11 is 0. The van der Waals surface area contributed by atoms with Crippen LogP contribution in [0.15, 0.2) is 48.5 Å². The summed E-state index contributed by atoms with van der Waals surface area (Å²) in [5.41, 5.74) is 4.41. The number of aromatic nitrogens is 3. The van der Waals surface area contributed by atoms with Crippen LogP contribution in [0.1, 0.15) is 32.9 Å². The maximum absolute atomic E-state index is 12.5. The molecule has 1 aromatic heterocycles. The number of benzene rings is 2. The van der Waals surface area contributed by atoms with E-state index in [2.05, 4.69) is 20.2 Å². The highest BCUT2D eigenvalue weighted by Crippen LogP contribution is 2.15. The predicted octanol–water partition coefficient (Wildman–Crippen LogP) is 2.04. The highest BCUT2D eigenvalue weighted by atomic mass is 32.2. The van der Waals surface area contributed by atoms with Crippen molar-refractivity contribution in [2.24, 2.45) is 0 Å². The minimum atomic E-state index is -3.52. The number of nitrogens with one attached hydrogen (secondary N) is 2. The van der Waals surface area contributed by atoms with E-state index >= 15 is 0 Å². The molecule has 0 radical (unpaired) electrons. The zero-order chi connectivity index (χ0) is 21.7. The summed E-state index contributed by atoms with van der Waals surface area (Å²) in [5, 5.41) is 11.2. The molecule has 0 saturated carbocycles. The zero-order valence-corrected chi connectivity index (χ0v) is 18.0. The van der Waals surface area contributed by atoms with Crippen LogP contribution in [0.3, 0.4) is 0 Å².